The highest BCUT2D eigenvalue weighted by atomic mass is 16.2. The average molecular weight is 297 g/mol. The van der Waals surface area contributed by atoms with Crippen molar-refractivity contribution in [2.24, 2.45) is 0 Å². The molecule has 1 saturated heterocycles. The van der Waals surface area contributed by atoms with E-state index in [1.807, 2.05) is 6.92 Å². The molecule has 0 aromatic carbocycles. The fourth-order valence-electron chi connectivity index (χ4n) is 2.79. The van der Waals surface area contributed by atoms with Gasteiger partial charge in [-0.05, 0) is 60.4 Å². The zero-order valence-corrected chi connectivity index (χ0v) is 14.8. The molecule has 1 rings (SSSR count). The van der Waals surface area contributed by atoms with Gasteiger partial charge >= 0.3 is 0 Å². The van der Waals surface area contributed by atoms with E-state index < -0.39 is 0 Å². The predicted molar refractivity (Wildman–Crippen MR) is 89.5 cm³/mol. The van der Waals surface area contributed by atoms with Crippen molar-refractivity contribution in [3.63, 3.8) is 0 Å². The molecule has 4 nitrogen and oxygen atoms in total. The smallest absolute Gasteiger partial charge is 0.237 e. The second kappa shape index (κ2) is 8.14. The van der Waals surface area contributed by atoms with Crippen LogP contribution in [-0.2, 0) is 4.79 Å². The van der Waals surface area contributed by atoms with Crippen molar-refractivity contribution in [1.82, 2.24) is 15.5 Å². The molecule has 0 saturated carbocycles. The molecule has 1 aliphatic heterocycles. The molecule has 1 heterocycles. The molecule has 3 atom stereocenters. The number of hydrogen-bond acceptors (Lipinski definition) is 3. The lowest BCUT2D eigenvalue weighted by molar-refractivity contribution is -0.128. The number of nitrogens with one attached hydrogen (secondary N) is 2. The topological polar surface area (TPSA) is 44.4 Å². The van der Waals surface area contributed by atoms with Gasteiger partial charge in [-0.25, -0.2) is 0 Å². The normalized spacial score (nSPS) is 23.6. The molecule has 4 heteroatoms. The maximum Gasteiger partial charge on any atom is 0.237 e. The first-order valence-electron chi connectivity index (χ1n) is 8.55. The Morgan fingerprint density at radius 1 is 1.29 bits per heavy atom. The number of carbonyl (C=O) groups excluding carboxylic acids is 1. The molecule has 124 valence electrons. The number of piperidine rings is 1. The van der Waals surface area contributed by atoms with E-state index in [-0.39, 0.29) is 23.5 Å². The molecule has 1 fully saturated rings. The van der Waals surface area contributed by atoms with Gasteiger partial charge in [0.25, 0.3) is 0 Å². The lowest BCUT2D eigenvalue weighted by Gasteiger charge is -2.40. The maximum absolute atomic E-state index is 12.4. The third kappa shape index (κ3) is 6.35. The summed E-state index contributed by atoms with van der Waals surface area (Å²) in [6.45, 7) is 14.8. The molecule has 0 aromatic rings. The van der Waals surface area contributed by atoms with Gasteiger partial charge in [-0.2, -0.15) is 0 Å². The Kier molecular flexibility index (Phi) is 7.14. The van der Waals surface area contributed by atoms with E-state index in [4.69, 9.17) is 0 Å². The van der Waals surface area contributed by atoms with E-state index in [0.29, 0.717) is 6.04 Å². The van der Waals surface area contributed by atoms with Gasteiger partial charge in [-0.15, -0.1) is 0 Å². The van der Waals surface area contributed by atoms with Gasteiger partial charge in [0.15, 0.2) is 0 Å². The SMILES string of the molecule is CCC(C)NC(=O)C(C)N1CCCCC1CNC(C)(C)C. The van der Waals surface area contributed by atoms with Gasteiger partial charge in [0, 0.05) is 24.2 Å². The van der Waals surface area contributed by atoms with Crippen molar-refractivity contribution >= 4 is 5.91 Å². The molecule has 21 heavy (non-hydrogen) atoms. The minimum atomic E-state index is -0.0360. The van der Waals surface area contributed by atoms with E-state index >= 15 is 0 Å². The van der Waals surface area contributed by atoms with Crippen molar-refractivity contribution in [2.45, 2.75) is 90.9 Å². The zero-order chi connectivity index (χ0) is 16.0. The van der Waals surface area contributed by atoms with Crippen molar-refractivity contribution in [1.29, 1.82) is 0 Å². The van der Waals surface area contributed by atoms with E-state index in [1.165, 1.54) is 19.3 Å². The van der Waals surface area contributed by atoms with Crippen molar-refractivity contribution in [3.8, 4) is 0 Å². The summed E-state index contributed by atoms with van der Waals surface area (Å²) in [7, 11) is 0. The Hall–Kier alpha value is -0.610. The number of rotatable bonds is 6. The van der Waals surface area contributed by atoms with Gasteiger partial charge in [-0.1, -0.05) is 13.3 Å². The molecular weight excluding hydrogens is 262 g/mol. The second-order valence-electron chi connectivity index (χ2n) is 7.51. The highest BCUT2D eigenvalue weighted by Crippen LogP contribution is 2.20. The number of hydrogen-bond donors (Lipinski definition) is 2. The van der Waals surface area contributed by atoms with E-state index in [1.54, 1.807) is 0 Å². The van der Waals surface area contributed by atoms with Crippen LogP contribution in [0.4, 0.5) is 0 Å². The summed E-state index contributed by atoms with van der Waals surface area (Å²) in [5, 5.41) is 6.71. The quantitative estimate of drug-likeness (QED) is 0.792. The molecule has 0 radical (unpaired) electrons. The van der Waals surface area contributed by atoms with Crippen LogP contribution in [0.25, 0.3) is 0 Å². The Morgan fingerprint density at radius 2 is 1.95 bits per heavy atom. The number of amides is 1. The maximum atomic E-state index is 12.4. The summed E-state index contributed by atoms with van der Waals surface area (Å²) in [6, 6.07) is 0.692. The van der Waals surface area contributed by atoms with Crippen LogP contribution in [0.1, 0.15) is 67.2 Å². The van der Waals surface area contributed by atoms with Gasteiger partial charge in [0.2, 0.25) is 5.91 Å². The Morgan fingerprint density at radius 3 is 2.52 bits per heavy atom. The number of nitrogens with zero attached hydrogens (tertiary/aromatic N) is 1. The first-order valence-corrected chi connectivity index (χ1v) is 8.55. The Labute approximate surface area is 131 Å². The standard InChI is InChI=1S/C17H35N3O/c1-7-13(2)19-16(21)14(3)20-11-9-8-10-15(20)12-18-17(4,5)6/h13-15,18H,7-12H2,1-6H3,(H,19,21). The fraction of sp³-hybridized carbons (Fsp3) is 0.941. The first-order chi connectivity index (χ1) is 9.74. The Balaban J connectivity index is 2.60. The molecule has 0 aromatic heterocycles. The lowest BCUT2D eigenvalue weighted by Crippen LogP contribution is -2.56. The minimum absolute atomic E-state index is 0.0360. The molecule has 2 N–H and O–H groups in total. The van der Waals surface area contributed by atoms with E-state index in [0.717, 1.165) is 19.5 Å². The summed E-state index contributed by atoms with van der Waals surface area (Å²) >= 11 is 0. The largest absolute Gasteiger partial charge is 0.352 e. The summed E-state index contributed by atoms with van der Waals surface area (Å²) in [6.07, 6.45) is 4.64. The predicted octanol–water partition coefficient (Wildman–Crippen LogP) is 2.53. The zero-order valence-electron chi connectivity index (χ0n) is 14.8. The molecule has 1 amide bonds. The summed E-state index contributed by atoms with van der Waals surface area (Å²) in [5.74, 6) is 0.173. The monoisotopic (exact) mass is 297 g/mol. The van der Waals surface area contributed by atoms with Crippen LogP contribution in [0, 0.1) is 0 Å². The van der Waals surface area contributed by atoms with Gasteiger partial charge in [-0.3, -0.25) is 9.69 Å². The van der Waals surface area contributed by atoms with Gasteiger partial charge in [0.05, 0.1) is 6.04 Å². The molecular formula is C17H35N3O. The Bertz CT molecular complexity index is 324. The van der Waals surface area contributed by atoms with Crippen LogP contribution in [0.3, 0.4) is 0 Å². The van der Waals surface area contributed by atoms with Crippen molar-refractivity contribution < 1.29 is 4.79 Å². The number of carbonyl (C=O) groups is 1. The van der Waals surface area contributed by atoms with Crippen LogP contribution >= 0.6 is 0 Å². The molecule has 0 bridgehead atoms. The third-order valence-electron chi connectivity index (χ3n) is 4.42. The van der Waals surface area contributed by atoms with Crippen LogP contribution in [0.5, 0.6) is 0 Å². The molecule has 0 spiro atoms. The summed E-state index contributed by atoms with van der Waals surface area (Å²) in [5.41, 5.74) is 0.130. The van der Waals surface area contributed by atoms with Gasteiger partial charge in [0.1, 0.15) is 0 Å². The summed E-state index contributed by atoms with van der Waals surface area (Å²) in [4.78, 5) is 14.8. The van der Waals surface area contributed by atoms with Crippen LogP contribution in [0.15, 0.2) is 0 Å². The van der Waals surface area contributed by atoms with Crippen molar-refractivity contribution in [2.75, 3.05) is 13.1 Å². The minimum Gasteiger partial charge on any atom is -0.352 e. The van der Waals surface area contributed by atoms with E-state index in [9.17, 15) is 4.79 Å². The highest BCUT2D eigenvalue weighted by Gasteiger charge is 2.31. The molecule has 3 unspecified atom stereocenters. The molecule has 0 aliphatic carbocycles. The second-order valence-corrected chi connectivity index (χ2v) is 7.51. The van der Waals surface area contributed by atoms with Gasteiger partial charge < -0.3 is 10.6 Å². The molecule has 1 aliphatic rings. The van der Waals surface area contributed by atoms with Crippen LogP contribution < -0.4 is 10.6 Å². The highest BCUT2D eigenvalue weighted by molar-refractivity contribution is 5.81. The van der Waals surface area contributed by atoms with Crippen LogP contribution in [0.2, 0.25) is 0 Å². The van der Waals surface area contributed by atoms with Crippen molar-refractivity contribution in [3.05, 3.63) is 0 Å². The summed E-state index contributed by atoms with van der Waals surface area (Å²) < 4.78 is 0. The van der Waals surface area contributed by atoms with E-state index in [2.05, 4.69) is 50.2 Å². The van der Waals surface area contributed by atoms with Crippen LogP contribution in [-0.4, -0.2) is 47.6 Å². The number of likely N-dealkylation sites (tertiary alicyclic amines) is 1. The lowest BCUT2D eigenvalue weighted by atomic mass is 9.98. The fourth-order valence-corrected chi connectivity index (χ4v) is 2.79. The third-order valence-corrected chi connectivity index (χ3v) is 4.42. The first kappa shape index (κ1) is 18.4. The average Bonchev–Trinajstić information content (AvgIpc) is 2.43.